The molecule has 0 saturated heterocycles. The molecule has 0 amide bonds. The molecule has 1 N–H and O–H groups in total. The number of hydrogen-bond donors (Lipinski definition) is 1. The van der Waals surface area contributed by atoms with E-state index < -0.39 is 0 Å². The molecule has 0 atom stereocenters. The first-order chi connectivity index (χ1) is 13.3. The number of aromatic amines is 1. The maximum atomic E-state index is 12.4. The largest absolute Gasteiger partial charge is 0.321 e. The molecule has 2 aromatic rings. The number of rotatable bonds is 4. The topological polar surface area (TPSA) is 49.9 Å². The van der Waals surface area contributed by atoms with Crippen LogP contribution >= 0.6 is 0 Å². The number of hydrogen-bond acceptors (Lipinski definition) is 2. The number of ketones is 1. The van der Waals surface area contributed by atoms with Gasteiger partial charge in [-0.1, -0.05) is 58.4 Å². The summed E-state index contributed by atoms with van der Waals surface area (Å²) < 4.78 is 0. The van der Waals surface area contributed by atoms with E-state index in [0.717, 1.165) is 34.4 Å². The van der Waals surface area contributed by atoms with Crippen molar-refractivity contribution in [2.75, 3.05) is 0 Å². The van der Waals surface area contributed by atoms with E-state index in [9.17, 15) is 9.59 Å². The molecule has 0 unspecified atom stereocenters. The summed E-state index contributed by atoms with van der Waals surface area (Å²) >= 11 is 0. The van der Waals surface area contributed by atoms with E-state index in [4.69, 9.17) is 0 Å². The highest BCUT2D eigenvalue weighted by Crippen LogP contribution is 2.27. The van der Waals surface area contributed by atoms with Gasteiger partial charge in [0.2, 0.25) is 0 Å². The number of H-pyrrole nitrogens is 1. The van der Waals surface area contributed by atoms with Gasteiger partial charge in [-0.15, -0.1) is 0 Å². The Morgan fingerprint density at radius 1 is 1.04 bits per heavy atom. The van der Waals surface area contributed by atoms with Gasteiger partial charge in [0.15, 0.2) is 5.78 Å². The van der Waals surface area contributed by atoms with Crippen LogP contribution in [0.2, 0.25) is 0 Å². The lowest BCUT2D eigenvalue weighted by Gasteiger charge is -2.15. The van der Waals surface area contributed by atoms with Crippen molar-refractivity contribution in [2.24, 2.45) is 0 Å². The summed E-state index contributed by atoms with van der Waals surface area (Å²) in [5.74, 6) is -0.191. The molecule has 1 aromatic heterocycles. The van der Waals surface area contributed by atoms with Gasteiger partial charge in [0, 0.05) is 0 Å². The molecule has 3 heteroatoms. The third kappa shape index (κ3) is 6.05. The summed E-state index contributed by atoms with van der Waals surface area (Å²) in [5, 5.41) is 0. The van der Waals surface area contributed by atoms with Crippen LogP contribution in [-0.2, 0) is 6.42 Å². The van der Waals surface area contributed by atoms with Gasteiger partial charge in [-0.2, -0.15) is 0 Å². The van der Waals surface area contributed by atoms with Crippen LogP contribution in [-0.4, -0.2) is 10.8 Å². The monoisotopic (exact) mass is 383 g/mol. The van der Waals surface area contributed by atoms with Crippen molar-refractivity contribution >= 4 is 11.9 Å². The maximum absolute atomic E-state index is 12.4. The van der Waals surface area contributed by atoms with Crippen LogP contribution in [0.1, 0.15) is 88.0 Å². The molecule has 1 aromatic carbocycles. The zero-order valence-corrected chi connectivity index (χ0v) is 19.3. The molecule has 0 saturated carbocycles. The summed E-state index contributed by atoms with van der Waals surface area (Å²) in [6.45, 7) is 19.6. The Kier molecular flexibility index (Phi) is 11.1. The molecule has 0 aliphatic rings. The van der Waals surface area contributed by atoms with Gasteiger partial charge in [-0.3, -0.25) is 9.59 Å². The second-order valence-corrected chi connectivity index (χ2v) is 6.51. The Bertz CT molecular complexity index is 882. The van der Waals surface area contributed by atoms with Gasteiger partial charge in [0.25, 0.3) is 5.56 Å². The average molecular weight is 384 g/mol. The van der Waals surface area contributed by atoms with Gasteiger partial charge < -0.3 is 4.98 Å². The molecule has 0 radical (unpaired) electrons. The molecular weight excluding hydrogens is 346 g/mol. The number of aromatic nitrogens is 1. The smallest absolute Gasteiger partial charge is 0.259 e. The lowest BCUT2D eigenvalue weighted by Crippen LogP contribution is -2.21. The van der Waals surface area contributed by atoms with E-state index in [0.29, 0.717) is 0 Å². The minimum Gasteiger partial charge on any atom is -0.321 e. The van der Waals surface area contributed by atoms with Gasteiger partial charge in [-0.05, 0) is 74.9 Å². The van der Waals surface area contributed by atoms with E-state index in [-0.39, 0.29) is 16.9 Å². The number of allylic oxidation sites excluding steroid dienone is 1. The molecule has 0 bridgehead atoms. The third-order valence-corrected chi connectivity index (χ3v) is 4.31. The molecule has 1 heterocycles. The van der Waals surface area contributed by atoms with Crippen molar-refractivity contribution in [3.05, 3.63) is 61.9 Å². The average Bonchev–Trinajstić information content (AvgIpc) is 2.65. The summed E-state index contributed by atoms with van der Waals surface area (Å²) in [6, 6.07) is 6.19. The number of carbonyl (C=O) groups is 1. The maximum Gasteiger partial charge on any atom is 0.259 e. The van der Waals surface area contributed by atoms with Crippen molar-refractivity contribution < 1.29 is 4.79 Å². The molecule has 154 valence electrons. The Hall–Kier alpha value is -2.42. The van der Waals surface area contributed by atoms with Crippen molar-refractivity contribution in [3.63, 3.8) is 0 Å². The van der Waals surface area contributed by atoms with E-state index in [1.807, 2.05) is 47.6 Å². The number of Topliss-reactive ketones (excluding diaryl/α,β-unsaturated/α-hetero) is 1. The van der Waals surface area contributed by atoms with Crippen molar-refractivity contribution in [3.8, 4) is 11.3 Å². The Balaban J connectivity index is 0.00000171. The molecule has 28 heavy (non-hydrogen) atoms. The van der Waals surface area contributed by atoms with Gasteiger partial charge in [-0.25, -0.2) is 0 Å². The normalized spacial score (nSPS) is 9.50. The lowest BCUT2D eigenvalue weighted by atomic mass is 9.93. The zero-order valence-electron chi connectivity index (χ0n) is 19.3. The first-order valence-electron chi connectivity index (χ1n) is 10.3. The lowest BCUT2D eigenvalue weighted by molar-refractivity contribution is 0.101. The molecule has 3 nitrogen and oxygen atoms in total. The molecule has 0 aliphatic heterocycles. The van der Waals surface area contributed by atoms with Gasteiger partial charge in [0.1, 0.15) is 0 Å². The number of benzene rings is 1. The molecular formula is C25H37NO2. The predicted octanol–water partition coefficient (Wildman–Crippen LogP) is 6.90. The molecule has 0 spiro atoms. The summed E-state index contributed by atoms with van der Waals surface area (Å²) in [4.78, 5) is 27.1. The summed E-state index contributed by atoms with van der Waals surface area (Å²) in [6.07, 6.45) is 2.89. The summed E-state index contributed by atoms with van der Waals surface area (Å²) in [7, 11) is 0. The van der Waals surface area contributed by atoms with Crippen LogP contribution in [0.5, 0.6) is 0 Å². The van der Waals surface area contributed by atoms with Crippen molar-refractivity contribution in [1.82, 2.24) is 4.98 Å². The van der Waals surface area contributed by atoms with Crippen LogP contribution in [0.25, 0.3) is 17.3 Å². The standard InChI is InChI=1S/C21H25NO2.2C2H6/c1-7-18-14(5)19(15(6)23)21(24)22-20(18)16-9-8-13(4)17(11-16)10-12(2)3;2*1-2/h8-11H,7H2,1-6H3,(H,22,24);2*1-2H3. The van der Waals surface area contributed by atoms with Crippen LogP contribution in [0.4, 0.5) is 0 Å². The summed E-state index contributed by atoms with van der Waals surface area (Å²) in [5.41, 5.74) is 7.11. The van der Waals surface area contributed by atoms with Crippen LogP contribution in [0, 0.1) is 13.8 Å². The van der Waals surface area contributed by atoms with Crippen molar-refractivity contribution in [1.29, 1.82) is 0 Å². The zero-order chi connectivity index (χ0) is 22.0. The first kappa shape index (κ1) is 25.6. The second kappa shape index (κ2) is 12.1. The van der Waals surface area contributed by atoms with Crippen LogP contribution < -0.4 is 5.56 Å². The highest BCUT2D eigenvalue weighted by Gasteiger charge is 2.17. The number of nitrogens with one attached hydrogen (secondary N) is 1. The highest BCUT2D eigenvalue weighted by atomic mass is 16.1. The highest BCUT2D eigenvalue weighted by molar-refractivity contribution is 5.96. The van der Waals surface area contributed by atoms with Gasteiger partial charge >= 0.3 is 0 Å². The van der Waals surface area contributed by atoms with E-state index in [1.165, 1.54) is 18.1 Å². The van der Waals surface area contributed by atoms with E-state index in [2.05, 4.69) is 44.0 Å². The number of aryl methyl sites for hydroxylation is 1. The second-order valence-electron chi connectivity index (χ2n) is 6.51. The fourth-order valence-electron chi connectivity index (χ4n) is 3.13. The third-order valence-electron chi connectivity index (χ3n) is 4.31. The quantitative estimate of drug-likeness (QED) is 0.584. The fraction of sp³-hybridized carbons (Fsp3) is 0.440. The van der Waals surface area contributed by atoms with Crippen LogP contribution in [0.15, 0.2) is 28.6 Å². The number of pyridine rings is 1. The van der Waals surface area contributed by atoms with Crippen LogP contribution in [0.3, 0.4) is 0 Å². The van der Waals surface area contributed by atoms with Gasteiger partial charge in [0.05, 0.1) is 11.3 Å². The van der Waals surface area contributed by atoms with E-state index in [1.54, 1.807) is 0 Å². The molecule has 0 aliphatic carbocycles. The fourth-order valence-corrected chi connectivity index (χ4v) is 3.13. The first-order valence-corrected chi connectivity index (χ1v) is 10.3. The number of carbonyl (C=O) groups excluding carboxylic acids is 1. The minimum absolute atomic E-state index is 0.191. The van der Waals surface area contributed by atoms with Crippen molar-refractivity contribution in [2.45, 2.75) is 75.7 Å². The minimum atomic E-state index is -0.309. The molecule has 0 fully saturated rings. The predicted molar refractivity (Wildman–Crippen MR) is 123 cm³/mol. The molecule has 2 rings (SSSR count). The Labute approximate surface area is 170 Å². The van der Waals surface area contributed by atoms with E-state index >= 15 is 0 Å². The Morgan fingerprint density at radius 2 is 1.61 bits per heavy atom. The Morgan fingerprint density at radius 3 is 2.07 bits per heavy atom. The SMILES string of the molecule is CC.CC.CCc1c(-c2ccc(C)c(C=C(C)C)c2)[nH]c(=O)c(C(C)=O)c1C.